The number of esters is 1. The Kier molecular flexibility index (Phi) is 8.67. The Balaban J connectivity index is 1.95. The lowest BCUT2D eigenvalue weighted by molar-refractivity contribution is 0.0522. The maximum Gasteiger partial charge on any atom is 0.407 e. The Morgan fingerprint density at radius 3 is 2.10 bits per heavy atom. The minimum atomic E-state index is -0.777. The number of hydrogen-bond acceptors (Lipinski definition) is 8. The molecule has 0 fully saturated rings. The van der Waals surface area contributed by atoms with Crippen LogP contribution >= 0.6 is 11.6 Å². The molecule has 42 heavy (non-hydrogen) atoms. The van der Waals surface area contributed by atoms with E-state index < -0.39 is 23.2 Å². The number of alkyl carbamates (subject to hydrolysis) is 1. The molecule has 0 saturated heterocycles. The Morgan fingerprint density at radius 2 is 1.55 bits per heavy atom. The number of rotatable bonds is 7. The lowest BCUT2D eigenvalue weighted by Gasteiger charge is -2.20. The van der Waals surface area contributed by atoms with Crippen molar-refractivity contribution in [3.8, 4) is 34.1 Å². The summed E-state index contributed by atoms with van der Waals surface area (Å²) < 4.78 is 22.6. The molecule has 1 aromatic heterocycles. The number of aromatic nitrogens is 1. The van der Waals surface area contributed by atoms with Gasteiger partial charge in [-0.05, 0) is 79.7 Å². The number of nitrogens with one attached hydrogen (secondary N) is 1. The van der Waals surface area contributed by atoms with Crippen LogP contribution in [0.25, 0.3) is 27.6 Å². The molecule has 1 heterocycles. The second kappa shape index (κ2) is 12.0. The third kappa shape index (κ3) is 6.13. The summed E-state index contributed by atoms with van der Waals surface area (Å²) in [4.78, 5) is 39.4. The second-order valence-electron chi connectivity index (χ2n) is 10.3. The van der Waals surface area contributed by atoms with E-state index in [4.69, 9.17) is 30.5 Å². The maximum atomic E-state index is 13.9. The van der Waals surface area contributed by atoms with Crippen LogP contribution in [0.4, 0.5) is 4.79 Å². The molecule has 4 aromatic rings. The van der Waals surface area contributed by atoms with Gasteiger partial charge in [0, 0.05) is 17.8 Å². The number of aromatic hydroxyl groups is 1. The van der Waals surface area contributed by atoms with Gasteiger partial charge in [0.25, 0.3) is 5.56 Å². The fraction of sp³-hybridized carbons (Fsp3) is 0.258. The lowest BCUT2D eigenvalue weighted by Crippen LogP contribution is -2.32. The number of phenols is 1. The van der Waals surface area contributed by atoms with Crippen LogP contribution in [0.2, 0.25) is 5.02 Å². The molecule has 10 nitrogen and oxygen atoms in total. The van der Waals surface area contributed by atoms with Gasteiger partial charge in [0.05, 0.1) is 26.7 Å². The number of amides is 1. The first-order valence-electron chi connectivity index (χ1n) is 12.9. The smallest absolute Gasteiger partial charge is 0.407 e. The third-order valence-electron chi connectivity index (χ3n) is 6.31. The molecule has 0 aliphatic rings. The van der Waals surface area contributed by atoms with Gasteiger partial charge in [0.15, 0.2) is 0 Å². The van der Waals surface area contributed by atoms with E-state index in [1.54, 1.807) is 63.2 Å². The molecule has 4 rings (SSSR count). The van der Waals surface area contributed by atoms with Gasteiger partial charge in [0.1, 0.15) is 33.6 Å². The summed E-state index contributed by atoms with van der Waals surface area (Å²) in [5.74, 6) is -0.333. The van der Waals surface area contributed by atoms with E-state index >= 15 is 0 Å². The van der Waals surface area contributed by atoms with Crippen molar-refractivity contribution < 1.29 is 33.6 Å². The first-order valence-corrected chi connectivity index (χ1v) is 13.2. The molecule has 0 radical (unpaired) electrons. The highest BCUT2D eigenvalue weighted by Crippen LogP contribution is 2.42. The number of pyridine rings is 1. The molecule has 0 spiro atoms. The number of fused-ring (bicyclic) bond motifs is 1. The summed E-state index contributed by atoms with van der Waals surface area (Å²) in [6.07, 6.45) is -0.566. The van der Waals surface area contributed by atoms with Gasteiger partial charge >= 0.3 is 12.1 Å². The molecule has 3 aromatic carbocycles. The Morgan fingerprint density at radius 1 is 0.929 bits per heavy atom. The standard InChI is InChI=1S/C31H31ClN2O8/c1-31(2,3)42-30(38)33-16-17-7-9-19(10-8-17)34-27(29(37)41-6)25(21-12-11-20(35)15-22(21)28(34)36)18-13-23(39-4)26(32)24(14-18)40-5/h7-15,35H,16H2,1-6H3,(H,33,38). The number of methoxy groups -OCH3 is 3. The molecular weight excluding hydrogens is 564 g/mol. The second-order valence-corrected chi connectivity index (χ2v) is 10.7. The van der Waals surface area contributed by atoms with Gasteiger partial charge < -0.3 is 29.4 Å². The highest BCUT2D eigenvalue weighted by Gasteiger charge is 2.27. The van der Waals surface area contributed by atoms with Crippen LogP contribution in [0.1, 0.15) is 36.8 Å². The van der Waals surface area contributed by atoms with Crippen LogP contribution in [-0.4, -0.2) is 48.7 Å². The van der Waals surface area contributed by atoms with Gasteiger partial charge in [0.2, 0.25) is 0 Å². The maximum absolute atomic E-state index is 13.9. The summed E-state index contributed by atoms with van der Waals surface area (Å²) in [5.41, 5.74) is 0.601. The number of carbonyl (C=O) groups excluding carboxylic acids is 2. The fourth-order valence-electron chi connectivity index (χ4n) is 4.48. The average Bonchev–Trinajstić information content (AvgIpc) is 2.95. The van der Waals surface area contributed by atoms with E-state index in [1.807, 2.05) is 0 Å². The predicted molar refractivity (Wildman–Crippen MR) is 159 cm³/mol. The zero-order valence-electron chi connectivity index (χ0n) is 24.0. The molecule has 0 atom stereocenters. The highest BCUT2D eigenvalue weighted by atomic mass is 35.5. The fourth-order valence-corrected chi connectivity index (χ4v) is 4.75. The monoisotopic (exact) mass is 594 g/mol. The predicted octanol–water partition coefficient (Wildman–Crippen LogP) is 5.85. The van der Waals surface area contributed by atoms with Crippen molar-refractivity contribution >= 4 is 34.4 Å². The average molecular weight is 595 g/mol. The first-order chi connectivity index (χ1) is 19.9. The van der Waals surface area contributed by atoms with Crippen molar-refractivity contribution in [2.45, 2.75) is 32.9 Å². The molecule has 220 valence electrons. The van der Waals surface area contributed by atoms with Gasteiger partial charge in [-0.2, -0.15) is 0 Å². The molecule has 1 amide bonds. The van der Waals surface area contributed by atoms with Crippen LogP contribution in [-0.2, 0) is 16.0 Å². The van der Waals surface area contributed by atoms with E-state index in [2.05, 4.69) is 5.32 Å². The van der Waals surface area contributed by atoms with Crippen LogP contribution in [0, 0.1) is 0 Å². The molecule has 0 unspecified atom stereocenters. The number of ether oxygens (including phenoxy) is 4. The van der Waals surface area contributed by atoms with Crippen molar-refractivity contribution in [2.75, 3.05) is 21.3 Å². The Hall–Kier alpha value is -4.70. The normalized spacial score (nSPS) is 11.2. The summed E-state index contributed by atoms with van der Waals surface area (Å²) in [6, 6.07) is 14.3. The van der Waals surface area contributed by atoms with Crippen LogP contribution in [0.5, 0.6) is 17.2 Å². The molecule has 2 N–H and O–H groups in total. The van der Waals surface area contributed by atoms with Crippen LogP contribution in [0.3, 0.4) is 0 Å². The number of phenolic OH excluding ortho intramolecular Hbond substituents is 1. The summed E-state index contributed by atoms with van der Waals surface area (Å²) in [6.45, 7) is 5.48. The Labute approximate surface area is 247 Å². The van der Waals surface area contributed by atoms with E-state index in [1.165, 1.54) is 38.0 Å². The number of nitrogens with zero attached hydrogens (tertiary/aromatic N) is 1. The van der Waals surface area contributed by atoms with Crippen molar-refractivity contribution in [1.82, 2.24) is 9.88 Å². The number of carbonyl (C=O) groups is 2. The summed E-state index contributed by atoms with van der Waals surface area (Å²) in [7, 11) is 4.11. The molecular formula is C31H31ClN2O8. The zero-order chi connectivity index (χ0) is 30.8. The van der Waals surface area contributed by atoms with Crippen molar-refractivity contribution in [1.29, 1.82) is 0 Å². The number of hydrogen-bond donors (Lipinski definition) is 2. The van der Waals surface area contributed by atoms with Gasteiger partial charge in [-0.3, -0.25) is 9.36 Å². The van der Waals surface area contributed by atoms with Gasteiger partial charge in [-0.15, -0.1) is 0 Å². The van der Waals surface area contributed by atoms with E-state index in [9.17, 15) is 19.5 Å². The highest BCUT2D eigenvalue weighted by molar-refractivity contribution is 6.33. The SMILES string of the molecule is COC(=O)c1c(-c2cc(OC)c(Cl)c(OC)c2)c2ccc(O)cc2c(=O)n1-c1ccc(CNC(=O)OC(C)(C)C)cc1. The topological polar surface area (TPSA) is 125 Å². The summed E-state index contributed by atoms with van der Waals surface area (Å²) >= 11 is 6.42. The zero-order valence-corrected chi connectivity index (χ0v) is 24.8. The van der Waals surface area contributed by atoms with E-state index in [0.29, 0.717) is 22.2 Å². The largest absolute Gasteiger partial charge is 0.508 e. The molecule has 0 aliphatic carbocycles. The van der Waals surface area contributed by atoms with Gasteiger partial charge in [-0.25, -0.2) is 9.59 Å². The Bertz CT molecular complexity index is 1700. The van der Waals surface area contributed by atoms with Crippen LogP contribution < -0.4 is 20.3 Å². The van der Waals surface area contributed by atoms with E-state index in [-0.39, 0.29) is 39.9 Å². The van der Waals surface area contributed by atoms with Crippen molar-refractivity contribution in [3.05, 3.63) is 81.2 Å². The lowest BCUT2D eigenvalue weighted by atomic mass is 9.95. The first kappa shape index (κ1) is 30.3. The van der Waals surface area contributed by atoms with Gasteiger partial charge in [-0.1, -0.05) is 23.7 Å². The quantitative estimate of drug-likeness (QED) is 0.255. The molecule has 0 saturated carbocycles. The van der Waals surface area contributed by atoms with Crippen molar-refractivity contribution in [2.24, 2.45) is 0 Å². The molecule has 0 bridgehead atoms. The van der Waals surface area contributed by atoms with Crippen LogP contribution in [0.15, 0.2) is 59.4 Å². The number of halogens is 1. The minimum absolute atomic E-state index is 0.0632. The molecule has 11 heteroatoms. The van der Waals surface area contributed by atoms with Crippen molar-refractivity contribution in [3.63, 3.8) is 0 Å². The number of benzene rings is 3. The minimum Gasteiger partial charge on any atom is -0.508 e. The third-order valence-corrected chi connectivity index (χ3v) is 6.68. The molecule has 0 aliphatic heterocycles. The summed E-state index contributed by atoms with van der Waals surface area (Å²) in [5, 5.41) is 13.7. The van der Waals surface area contributed by atoms with E-state index in [0.717, 1.165) is 5.56 Å².